The van der Waals surface area contributed by atoms with E-state index in [0.717, 1.165) is 54.7 Å². The van der Waals surface area contributed by atoms with Crippen molar-refractivity contribution >= 4 is 23.5 Å². The van der Waals surface area contributed by atoms with Crippen LogP contribution in [0.1, 0.15) is 60.8 Å². The summed E-state index contributed by atoms with van der Waals surface area (Å²) in [5, 5.41) is 18.4. The maximum atomic E-state index is 14.2. The molecule has 3 amide bonds. The molecule has 2 aliphatic rings. The normalized spacial score (nSPS) is 17.7. The van der Waals surface area contributed by atoms with Crippen LogP contribution in [0.25, 0.3) is 0 Å². The van der Waals surface area contributed by atoms with Gasteiger partial charge in [0.15, 0.2) is 0 Å². The van der Waals surface area contributed by atoms with Crippen LogP contribution >= 0.6 is 11.6 Å². The Labute approximate surface area is 305 Å². The molecule has 6 rings (SSSR count). The molecule has 0 saturated carbocycles. The molecule has 8 nitrogen and oxygen atoms in total. The number of pyridine rings is 1. The highest BCUT2D eigenvalue weighted by atomic mass is 35.5. The monoisotopic (exact) mass is 711 g/mol. The van der Waals surface area contributed by atoms with Gasteiger partial charge in [-0.3, -0.25) is 9.78 Å². The molecule has 1 atom stereocenters. The summed E-state index contributed by atoms with van der Waals surface area (Å²) in [4.78, 5) is 34.6. The Balaban J connectivity index is 1.08. The van der Waals surface area contributed by atoms with Gasteiger partial charge < -0.3 is 25.5 Å². The van der Waals surface area contributed by atoms with E-state index in [1.807, 2.05) is 71.6 Å². The van der Waals surface area contributed by atoms with Crippen molar-refractivity contribution in [2.24, 2.45) is 0 Å². The van der Waals surface area contributed by atoms with E-state index in [9.17, 15) is 19.1 Å². The molecule has 3 aromatic carbocycles. The molecule has 0 aliphatic carbocycles. The van der Waals surface area contributed by atoms with Gasteiger partial charge in [-0.1, -0.05) is 66.2 Å². The third kappa shape index (κ3) is 9.33. The second kappa shape index (κ2) is 16.8. The predicted molar refractivity (Wildman–Crippen MR) is 198 cm³/mol. The van der Waals surface area contributed by atoms with Crippen molar-refractivity contribution in [3.05, 3.63) is 136 Å². The van der Waals surface area contributed by atoms with Crippen LogP contribution < -0.4 is 10.6 Å². The molecule has 3 heterocycles. The molecule has 3 N–H and O–H groups in total. The fraction of sp³-hybridized carbons (Fsp3) is 0.390. The molecule has 1 unspecified atom stereocenters. The zero-order valence-corrected chi connectivity index (χ0v) is 29.7. The van der Waals surface area contributed by atoms with E-state index in [1.165, 1.54) is 12.1 Å². The Morgan fingerprint density at radius 1 is 0.882 bits per heavy atom. The second-order valence-corrected chi connectivity index (χ2v) is 14.4. The first-order valence-electron chi connectivity index (χ1n) is 18.0. The number of rotatable bonds is 12. The Kier molecular flexibility index (Phi) is 12.0. The number of hydrogen-bond acceptors (Lipinski definition) is 5. The van der Waals surface area contributed by atoms with Gasteiger partial charge in [0, 0.05) is 61.6 Å². The van der Waals surface area contributed by atoms with Gasteiger partial charge in [0.1, 0.15) is 5.82 Å². The van der Waals surface area contributed by atoms with E-state index in [4.69, 9.17) is 11.6 Å². The molecule has 0 bridgehead atoms. The van der Waals surface area contributed by atoms with Crippen LogP contribution in [0.15, 0.2) is 103 Å². The highest BCUT2D eigenvalue weighted by Crippen LogP contribution is 2.38. The number of halogens is 2. The number of carbonyl (C=O) groups is 2. The van der Waals surface area contributed by atoms with E-state index >= 15 is 0 Å². The van der Waals surface area contributed by atoms with Crippen molar-refractivity contribution in [2.45, 2.75) is 62.0 Å². The summed E-state index contributed by atoms with van der Waals surface area (Å²) < 4.78 is 14.2. The number of amides is 3. The largest absolute Gasteiger partial charge is 0.385 e. The van der Waals surface area contributed by atoms with Crippen molar-refractivity contribution in [3.63, 3.8) is 0 Å². The van der Waals surface area contributed by atoms with Crippen LogP contribution in [0, 0.1) is 5.82 Å². The minimum absolute atomic E-state index is 0.0439. The summed E-state index contributed by atoms with van der Waals surface area (Å²) in [6, 6.07) is 27.6. The first-order chi connectivity index (χ1) is 24.7. The third-order valence-corrected chi connectivity index (χ3v) is 11.0. The predicted octanol–water partition coefficient (Wildman–Crippen LogP) is 6.46. The molecule has 10 heteroatoms. The minimum Gasteiger partial charge on any atom is -0.385 e. The van der Waals surface area contributed by atoms with Gasteiger partial charge in [-0.2, -0.15) is 0 Å². The Bertz CT molecular complexity index is 1710. The van der Waals surface area contributed by atoms with Crippen LogP contribution in [-0.2, 0) is 22.2 Å². The van der Waals surface area contributed by atoms with Gasteiger partial charge in [-0.25, -0.2) is 9.18 Å². The summed E-state index contributed by atoms with van der Waals surface area (Å²) in [7, 11) is 0. The number of likely N-dealkylation sites (tertiary alicyclic amines) is 2. The highest BCUT2D eigenvalue weighted by Gasteiger charge is 2.37. The van der Waals surface area contributed by atoms with Crippen molar-refractivity contribution in [1.82, 2.24) is 25.4 Å². The maximum absolute atomic E-state index is 14.2. The molecule has 0 radical (unpaired) electrons. The van der Waals surface area contributed by atoms with Crippen LogP contribution in [0.2, 0.25) is 5.02 Å². The Morgan fingerprint density at radius 2 is 1.53 bits per heavy atom. The topological polar surface area (TPSA) is 97.8 Å². The maximum Gasteiger partial charge on any atom is 0.315 e. The molecule has 0 spiro atoms. The lowest BCUT2D eigenvalue weighted by molar-refractivity contribution is -0.131. The fourth-order valence-corrected chi connectivity index (χ4v) is 7.73. The number of benzene rings is 3. The summed E-state index contributed by atoms with van der Waals surface area (Å²) in [6.45, 7) is 3.87. The number of piperidine rings is 2. The fourth-order valence-electron chi connectivity index (χ4n) is 7.60. The molecule has 268 valence electrons. The quantitative estimate of drug-likeness (QED) is 0.157. The Hall–Kier alpha value is -4.31. The molecular weight excluding hydrogens is 665 g/mol. The average Bonchev–Trinajstić information content (AvgIpc) is 3.15. The van der Waals surface area contributed by atoms with Crippen molar-refractivity contribution < 1.29 is 19.1 Å². The molecule has 2 fully saturated rings. The number of hydrogen-bond donors (Lipinski definition) is 3. The zero-order chi connectivity index (χ0) is 35.7. The van der Waals surface area contributed by atoms with E-state index in [-0.39, 0.29) is 23.8 Å². The van der Waals surface area contributed by atoms with E-state index in [1.54, 1.807) is 12.4 Å². The van der Waals surface area contributed by atoms with E-state index in [2.05, 4.69) is 32.7 Å². The van der Waals surface area contributed by atoms with Gasteiger partial charge in [-0.15, -0.1) is 0 Å². The minimum atomic E-state index is -0.869. The number of nitrogens with one attached hydrogen (secondary N) is 2. The third-order valence-electron chi connectivity index (χ3n) is 10.7. The smallest absolute Gasteiger partial charge is 0.315 e. The number of aliphatic hydroxyl groups is 1. The Morgan fingerprint density at radius 3 is 2.20 bits per heavy atom. The van der Waals surface area contributed by atoms with Crippen molar-refractivity contribution in [2.75, 3.05) is 39.3 Å². The molecule has 1 aromatic heterocycles. The van der Waals surface area contributed by atoms with Gasteiger partial charge in [0.05, 0.1) is 12.0 Å². The standard InChI is InChI=1S/C41H47ClFN5O3/c42-35-11-7-34(8-12-35)41(51)20-27-47(28-21-41)24-4-19-40(32-5-2-1-3-6-32,33-9-13-36(43)14-10-33)30-45-39(50)46-37-17-25-48(26-18-37)38(49)29-31-15-22-44-23-16-31/h1-3,5-16,22-23,37,51H,4,17-21,24-30H2,(H2,45,46,50). The molecule has 4 aromatic rings. The highest BCUT2D eigenvalue weighted by molar-refractivity contribution is 6.30. The zero-order valence-electron chi connectivity index (χ0n) is 28.9. The summed E-state index contributed by atoms with van der Waals surface area (Å²) >= 11 is 6.08. The van der Waals surface area contributed by atoms with Crippen LogP contribution in [0.4, 0.5) is 9.18 Å². The average molecular weight is 712 g/mol. The lowest BCUT2D eigenvalue weighted by atomic mass is 9.71. The van der Waals surface area contributed by atoms with Gasteiger partial charge in [-0.05, 0) is 104 Å². The number of aromatic nitrogens is 1. The summed E-state index contributed by atoms with van der Waals surface area (Å²) in [5.41, 5.74) is 2.35. The molecule has 51 heavy (non-hydrogen) atoms. The van der Waals surface area contributed by atoms with E-state index in [0.29, 0.717) is 56.8 Å². The van der Waals surface area contributed by atoms with Gasteiger partial charge in [0.25, 0.3) is 0 Å². The van der Waals surface area contributed by atoms with E-state index < -0.39 is 11.0 Å². The SMILES string of the molecule is O=C(NCC(CCCN1CCC(O)(c2ccc(Cl)cc2)CC1)(c1ccccc1)c1ccc(F)cc1)NC1CCN(C(=O)Cc2ccncc2)CC1. The first-order valence-corrected chi connectivity index (χ1v) is 18.3. The summed E-state index contributed by atoms with van der Waals surface area (Å²) in [5.74, 6) is -0.226. The molecule has 2 aliphatic heterocycles. The van der Waals surface area contributed by atoms with Crippen LogP contribution in [0.3, 0.4) is 0 Å². The number of nitrogens with zero attached hydrogens (tertiary/aromatic N) is 3. The lowest BCUT2D eigenvalue weighted by Gasteiger charge is -2.40. The molecule has 2 saturated heterocycles. The summed E-state index contributed by atoms with van der Waals surface area (Å²) in [6.07, 6.45) is 7.92. The second-order valence-electron chi connectivity index (χ2n) is 14.0. The van der Waals surface area contributed by atoms with Crippen molar-refractivity contribution in [1.29, 1.82) is 0 Å². The van der Waals surface area contributed by atoms with Crippen LogP contribution in [-0.4, -0.2) is 77.1 Å². The lowest BCUT2D eigenvalue weighted by Crippen LogP contribution is -2.51. The molecular formula is C41H47ClFN5O3. The van der Waals surface area contributed by atoms with Gasteiger partial charge >= 0.3 is 6.03 Å². The number of carbonyl (C=O) groups excluding carboxylic acids is 2. The van der Waals surface area contributed by atoms with Gasteiger partial charge in [0.2, 0.25) is 5.91 Å². The first kappa shape index (κ1) is 36.5. The number of urea groups is 1. The van der Waals surface area contributed by atoms with Crippen LogP contribution in [0.5, 0.6) is 0 Å². The van der Waals surface area contributed by atoms with Crippen molar-refractivity contribution in [3.8, 4) is 0 Å².